The van der Waals surface area contributed by atoms with Gasteiger partial charge in [0.1, 0.15) is 23.7 Å². The van der Waals surface area contributed by atoms with E-state index in [1.54, 1.807) is 42.5 Å². The molecule has 0 aliphatic heterocycles. The van der Waals surface area contributed by atoms with E-state index in [1.807, 2.05) is 0 Å². The first-order valence-electron chi connectivity index (χ1n) is 9.10. The van der Waals surface area contributed by atoms with E-state index in [-0.39, 0.29) is 16.7 Å². The Hall–Kier alpha value is -3.84. The largest absolute Gasteiger partial charge is 0.439 e. The summed E-state index contributed by atoms with van der Waals surface area (Å²) in [6, 6.07) is 17.9. The molecule has 0 bridgehead atoms. The molecule has 31 heavy (non-hydrogen) atoms. The zero-order valence-electron chi connectivity index (χ0n) is 15.9. The van der Waals surface area contributed by atoms with Crippen LogP contribution >= 0.6 is 11.6 Å². The Labute approximate surface area is 181 Å². The van der Waals surface area contributed by atoms with Crippen molar-refractivity contribution in [3.8, 4) is 22.9 Å². The molecule has 0 radical (unpaired) electrons. The molecule has 1 amide bonds. The van der Waals surface area contributed by atoms with Crippen molar-refractivity contribution in [1.29, 1.82) is 0 Å². The summed E-state index contributed by atoms with van der Waals surface area (Å²) in [5, 5.41) is 2.56. The van der Waals surface area contributed by atoms with Gasteiger partial charge in [0.2, 0.25) is 5.88 Å². The van der Waals surface area contributed by atoms with Gasteiger partial charge in [0, 0.05) is 22.9 Å². The fraction of sp³-hybridized carbons (Fsp3) is 0. The van der Waals surface area contributed by atoms with E-state index in [2.05, 4.69) is 15.3 Å². The van der Waals surface area contributed by atoms with Gasteiger partial charge in [-0.05, 0) is 60.7 Å². The normalized spacial score (nSPS) is 10.5. The van der Waals surface area contributed by atoms with Crippen LogP contribution in [0.1, 0.15) is 10.4 Å². The van der Waals surface area contributed by atoms with Gasteiger partial charge in [-0.15, -0.1) is 0 Å². The summed E-state index contributed by atoms with van der Waals surface area (Å²) < 4.78 is 32.2. The first-order valence-corrected chi connectivity index (χ1v) is 9.48. The predicted octanol–water partition coefficient (Wildman–Crippen LogP) is 6.12. The second kappa shape index (κ2) is 8.89. The number of nitrogens with one attached hydrogen (secondary N) is 1. The molecule has 0 atom stereocenters. The summed E-state index contributed by atoms with van der Waals surface area (Å²) in [7, 11) is 0. The van der Waals surface area contributed by atoms with E-state index in [1.165, 1.54) is 36.7 Å². The topological polar surface area (TPSA) is 64.1 Å². The first kappa shape index (κ1) is 20.4. The van der Waals surface area contributed by atoms with E-state index in [9.17, 15) is 13.6 Å². The van der Waals surface area contributed by atoms with Crippen LogP contribution in [-0.4, -0.2) is 15.9 Å². The molecule has 4 aromatic rings. The standard InChI is InChI=1S/C23H14ClF2N3O2/c24-19-11-17(8-9-20(19)26)29-23(30)15-2-1-3-18(10-15)31-22-12-21(27-13-28-22)14-4-6-16(25)7-5-14/h1-13H,(H,29,30). The van der Waals surface area contributed by atoms with Crippen molar-refractivity contribution in [2.45, 2.75) is 0 Å². The number of ether oxygens (including phenoxy) is 1. The molecule has 0 saturated carbocycles. The minimum Gasteiger partial charge on any atom is -0.439 e. The Bertz CT molecular complexity index is 1250. The molecule has 0 spiro atoms. The van der Waals surface area contributed by atoms with E-state index in [0.717, 1.165) is 0 Å². The minimum atomic E-state index is -0.570. The number of carbonyl (C=O) groups is 1. The molecule has 0 unspecified atom stereocenters. The summed E-state index contributed by atoms with van der Waals surface area (Å²) >= 11 is 5.75. The van der Waals surface area contributed by atoms with Crippen molar-refractivity contribution in [3.05, 3.63) is 101 Å². The Morgan fingerprint density at radius 3 is 2.52 bits per heavy atom. The highest BCUT2D eigenvalue weighted by Gasteiger charge is 2.10. The molecule has 5 nitrogen and oxygen atoms in total. The quantitative estimate of drug-likeness (QED) is 0.408. The molecule has 0 fully saturated rings. The van der Waals surface area contributed by atoms with Crippen molar-refractivity contribution in [3.63, 3.8) is 0 Å². The van der Waals surface area contributed by atoms with Crippen molar-refractivity contribution >= 4 is 23.2 Å². The molecule has 1 aromatic heterocycles. The van der Waals surface area contributed by atoms with Gasteiger partial charge in [0.25, 0.3) is 5.91 Å². The van der Waals surface area contributed by atoms with Crippen molar-refractivity contribution < 1.29 is 18.3 Å². The van der Waals surface area contributed by atoms with E-state index < -0.39 is 11.7 Å². The molecule has 1 heterocycles. The maximum absolute atomic E-state index is 13.3. The first-order chi connectivity index (χ1) is 15.0. The number of hydrogen-bond donors (Lipinski definition) is 1. The number of hydrogen-bond acceptors (Lipinski definition) is 4. The highest BCUT2D eigenvalue weighted by atomic mass is 35.5. The zero-order valence-corrected chi connectivity index (χ0v) is 16.6. The molecule has 0 aliphatic rings. The van der Waals surface area contributed by atoms with Crippen molar-refractivity contribution in [1.82, 2.24) is 9.97 Å². The van der Waals surface area contributed by atoms with Crippen LogP contribution < -0.4 is 10.1 Å². The summed E-state index contributed by atoms with van der Waals surface area (Å²) in [5.74, 6) is -0.680. The second-order valence-corrected chi connectivity index (χ2v) is 6.87. The third kappa shape index (κ3) is 5.02. The number of benzene rings is 3. The maximum Gasteiger partial charge on any atom is 0.255 e. The van der Waals surface area contributed by atoms with Crippen LogP contribution in [0.15, 0.2) is 79.1 Å². The van der Waals surface area contributed by atoms with Crippen LogP contribution in [-0.2, 0) is 0 Å². The third-order valence-corrected chi connectivity index (χ3v) is 4.57. The lowest BCUT2D eigenvalue weighted by Crippen LogP contribution is -2.11. The number of carbonyl (C=O) groups excluding carboxylic acids is 1. The Morgan fingerprint density at radius 1 is 0.935 bits per heavy atom. The van der Waals surface area contributed by atoms with E-state index in [4.69, 9.17) is 16.3 Å². The molecule has 154 valence electrons. The SMILES string of the molecule is O=C(Nc1ccc(F)c(Cl)c1)c1cccc(Oc2cc(-c3ccc(F)cc3)ncn2)c1. The molecule has 3 aromatic carbocycles. The van der Waals surface area contributed by atoms with Crippen LogP contribution in [0.3, 0.4) is 0 Å². The van der Waals surface area contributed by atoms with Crippen LogP contribution in [0.5, 0.6) is 11.6 Å². The van der Waals surface area contributed by atoms with Gasteiger partial charge in [-0.1, -0.05) is 17.7 Å². The Morgan fingerprint density at radius 2 is 1.74 bits per heavy atom. The maximum atomic E-state index is 13.3. The fourth-order valence-corrected chi connectivity index (χ4v) is 2.95. The van der Waals surface area contributed by atoms with Gasteiger partial charge in [0.15, 0.2) is 0 Å². The smallest absolute Gasteiger partial charge is 0.255 e. The van der Waals surface area contributed by atoms with Crippen LogP contribution in [0.25, 0.3) is 11.3 Å². The number of halogens is 3. The van der Waals surface area contributed by atoms with Crippen molar-refractivity contribution in [2.75, 3.05) is 5.32 Å². The molecular weight excluding hydrogens is 424 g/mol. The summed E-state index contributed by atoms with van der Waals surface area (Å²) in [6.45, 7) is 0. The number of nitrogens with zero attached hydrogens (tertiary/aromatic N) is 2. The average Bonchev–Trinajstić information content (AvgIpc) is 2.77. The van der Waals surface area contributed by atoms with Crippen molar-refractivity contribution in [2.24, 2.45) is 0 Å². The van der Waals surface area contributed by atoms with Gasteiger partial charge in [-0.2, -0.15) is 0 Å². The summed E-state index contributed by atoms with van der Waals surface area (Å²) in [4.78, 5) is 20.8. The highest BCUT2D eigenvalue weighted by Crippen LogP contribution is 2.25. The number of amides is 1. The molecule has 0 aliphatic carbocycles. The highest BCUT2D eigenvalue weighted by molar-refractivity contribution is 6.31. The molecule has 8 heteroatoms. The average molecular weight is 438 g/mol. The number of aromatic nitrogens is 2. The van der Waals surface area contributed by atoms with Gasteiger partial charge in [0.05, 0.1) is 10.7 Å². The van der Waals surface area contributed by atoms with Gasteiger partial charge in [-0.3, -0.25) is 4.79 Å². The van der Waals surface area contributed by atoms with Gasteiger partial charge in [-0.25, -0.2) is 18.7 Å². The zero-order chi connectivity index (χ0) is 21.8. The summed E-state index contributed by atoms with van der Waals surface area (Å²) in [6.07, 6.45) is 1.34. The predicted molar refractivity (Wildman–Crippen MR) is 113 cm³/mol. The van der Waals surface area contributed by atoms with Crippen LogP contribution in [0, 0.1) is 11.6 Å². The molecule has 1 N–H and O–H groups in total. The Balaban J connectivity index is 1.51. The van der Waals surface area contributed by atoms with E-state index >= 15 is 0 Å². The third-order valence-electron chi connectivity index (χ3n) is 4.28. The van der Waals surface area contributed by atoms with Gasteiger partial charge < -0.3 is 10.1 Å². The number of anilines is 1. The summed E-state index contributed by atoms with van der Waals surface area (Å²) in [5.41, 5.74) is 1.96. The van der Waals surface area contributed by atoms with Crippen LogP contribution in [0.2, 0.25) is 5.02 Å². The Kier molecular flexibility index (Phi) is 5.86. The molecular formula is C23H14ClF2N3O2. The number of rotatable bonds is 5. The minimum absolute atomic E-state index is 0.0874. The van der Waals surface area contributed by atoms with Gasteiger partial charge >= 0.3 is 0 Å². The fourth-order valence-electron chi connectivity index (χ4n) is 2.77. The molecule has 0 saturated heterocycles. The van der Waals surface area contributed by atoms with Crippen LogP contribution in [0.4, 0.5) is 14.5 Å². The lowest BCUT2D eigenvalue weighted by molar-refractivity contribution is 0.102. The lowest BCUT2D eigenvalue weighted by Gasteiger charge is -2.09. The van der Waals surface area contributed by atoms with E-state index in [0.29, 0.717) is 28.3 Å². The second-order valence-electron chi connectivity index (χ2n) is 6.46. The lowest BCUT2D eigenvalue weighted by atomic mass is 10.1. The molecule has 4 rings (SSSR count). The monoisotopic (exact) mass is 437 g/mol.